The number of fused-ring (bicyclic) bond motifs is 9. The van der Waals surface area contributed by atoms with E-state index in [9.17, 15) is 10.2 Å². The summed E-state index contributed by atoms with van der Waals surface area (Å²) in [5.41, 5.74) is 0. The minimum absolute atomic E-state index is 0.119. The lowest BCUT2D eigenvalue weighted by Gasteiger charge is -2.10. The molecule has 0 fully saturated rings. The van der Waals surface area contributed by atoms with Gasteiger partial charge in [0.05, 0.1) is 0 Å². The summed E-state index contributed by atoms with van der Waals surface area (Å²) < 4.78 is 5.46. The maximum atomic E-state index is 10.3. The Morgan fingerprint density at radius 3 is 2.12 bits per heavy atom. The first kappa shape index (κ1) is 12.9. The van der Waals surface area contributed by atoms with E-state index in [-0.39, 0.29) is 11.5 Å². The van der Waals surface area contributed by atoms with Crippen LogP contribution >= 0.6 is 0 Å². The summed E-state index contributed by atoms with van der Waals surface area (Å²) in [7, 11) is 0. The fourth-order valence-corrected chi connectivity index (χ4v) is 3.99. The fraction of sp³-hybridized carbons (Fsp3) is 0. The maximum Gasteiger partial charge on any atom is 0.216 e. The van der Waals surface area contributed by atoms with Crippen molar-refractivity contribution >= 4 is 43.1 Å². The third kappa shape index (κ3) is 1.50. The van der Waals surface area contributed by atoms with Gasteiger partial charge in [-0.2, -0.15) is 0 Å². The van der Waals surface area contributed by atoms with E-state index in [4.69, 9.17) is 4.74 Å². The second kappa shape index (κ2) is 4.14. The van der Waals surface area contributed by atoms with Crippen LogP contribution in [-0.2, 0) is 0 Å². The summed E-state index contributed by atoms with van der Waals surface area (Å²) in [6, 6.07) is 20.7. The predicted octanol–water partition coefficient (Wildman–Crippen LogP) is 5.82. The molecule has 3 nitrogen and oxygen atoms in total. The van der Waals surface area contributed by atoms with Crippen molar-refractivity contribution in [2.24, 2.45) is 0 Å². The molecule has 0 amide bonds. The van der Waals surface area contributed by atoms with Gasteiger partial charge in [0.25, 0.3) is 0 Å². The van der Waals surface area contributed by atoms with Crippen LogP contribution in [0.4, 0.5) is 0 Å². The highest BCUT2D eigenvalue weighted by molar-refractivity contribution is 6.27. The van der Waals surface area contributed by atoms with Gasteiger partial charge >= 0.3 is 0 Å². The predicted molar refractivity (Wildman–Crippen MR) is 99.9 cm³/mol. The highest BCUT2D eigenvalue weighted by Crippen LogP contribution is 2.62. The molecule has 5 aromatic carbocycles. The molecule has 5 aromatic rings. The Hall–Kier alpha value is -3.46. The third-order valence-corrected chi connectivity index (χ3v) is 5.20. The molecule has 1 heterocycles. The minimum Gasteiger partial charge on any atom is -0.504 e. The molecule has 0 aromatic heterocycles. The van der Waals surface area contributed by atoms with Gasteiger partial charge < -0.3 is 14.9 Å². The molecule has 25 heavy (non-hydrogen) atoms. The average molecular weight is 324 g/mol. The highest BCUT2D eigenvalue weighted by Gasteiger charge is 2.33. The zero-order valence-corrected chi connectivity index (χ0v) is 13.1. The van der Waals surface area contributed by atoms with Gasteiger partial charge in [-0.15, -0.1) is 0 Å². The van der Waals surface area contributed by atoms with E-state index < -0.39 is 0 Å². The molecule has 0 unspecified atom stereocenters. The molecule has 1 aliphatic rings. The zero-order chi connectivity index (χ0) is 16.7. The Labute approximate surface area is 142 Å². The molecule has 6 rings (SSSR count). The number of phenolic OH excluding ortho intramolecular Hbond substituents is 2. The number of ether oxygens (including phenoxy) is 1. The largest absolute Gasteiger partial charge is 0.504 e. The normalized spacial score (nSPS) is 12.6. The van der Waals surface area contributed by atoms with E-state index >= 15 is 0 Å². The van der Waals surface area contributed by atoms with Crippen molar-refractivity contribution in [2.75, 3.05) is 0 Å². The molecule has 0 saturated carbocycles. The number of hydrogen-bond donors (Lipinski definition) is 2. The molecule has 0 saturated heterocycles. The monoisotopic (exact) mass is 324 g/mol. The Bertz CT molecular complexity index is 1380. The van der Waals surface area contributed by atoms with Crippen LogP contribution in [0.3, 0.4) is 0 Å². The lowest BCUT2D eigenvalue weighted by atomic mass is 9.93. The standard InChI is InChI=1S/C22H12O3/c23-19-16-10-9-14-15(18(16)21-22(25-21)20(19)24)8-7-12-6-5-11-3-1-2-4-13(11)17(12)14/h1-10,23-24H. The number of aromatic hydroxyl groups is 2. The summed E-state index contributed by atoms with van der Waals surface area (Å²) in [6.07, 6.45) is 0. The highest BCUT2D eigenvalue weighted by atomic mass is 16.6. The quantitative estimate of drug-likeness (QED) is 0.210. The molecule has 0 radical (unpaired) electrons. The van der Waals surface area contributed by atoms with Gasteiger partial charge in [-0.1, -0.05) is 54.6 Å². The topological polar surface area (TPSA) is 53.0 Å². The zero-order valence-electron chi connectivity index (χ0n) is 13.1. The van der Waals surface area contributed by atoms with Crippen LogP contribution in [0.2, 0.25) is 0 Å². The van der Waals surface area contributed by atoms with Gasteiger partial charge in [-0.3, -0.25) is 0 Å². The first-order chi connectivity index (χ1) is 12.2. The van der Waals surface area contributed by atoms with Crippen LogP contribution in [-0.4, -0.2) is 10.2 Å². The van der Waals surface area contributed by atoms with Gasteiger partial charge in [0.15, 0.2) is 11.5 Å². The summed E-state index contributed by atoms with van der Waals surface area (Å²) in [5.74, 6) is 0.755. The molecular weight excluding hydrogens is 312 g/mol. The van der Waals surface area contributed by atoms with Crippen molar-refractivity contribution in [3.63, 3.8) is 0 Å². The smallest absolute Gasteiger partial charge is 0.216 e. The molecule has 2 N–H and O–H groups in total. The van der Waals surface area contributed by atoms with Gasteiger partial charge in [-0.05, 0) is 38.4 Å². The van der Waals surface area contributed by atoms with E-state index in [1.54, 1.807) is 0 Å². The summed E-state index contributed by atoms with van der Waals surface area (Å²) in [5, 5.41) is 28.6. The summed E-state index contributed by atoms with van der Waals surface area (Å²) in [6.45, 7) is 0. The van der Waals surface area contributed by atoms with Crippen LogP contribution in [0.25, 0.3) is 43.1 Å². The summed E-state index contributed by atoms with van der Waals surface area (Å²) >= 11 is 0. The molecule has 3 heteroatoms. The van der Waals surface area contributed by atoms with Crippen molar-refractivity contribution in [3.8, 4) is 23.0 Å². The lowest BCUT2D eigenvalue weighted by molar-refractivity contribution is 0.403. The molecule has 0 atom stereocenters. The van der Waals surface area contributed by atoms with Crippen LogP contribution in [0.1, 0.15) is 0 Å². The van der Waals surface area contributed by atoms with E-state index in [1.807, 2.05) is 18.2 Å². The van der Waals surface area contributed by atoms with Crippen LogP contribution in [0.15, 0.2) is 60.7 Å². The van der Waals surface area contributed by atoms with Gasteiger partial charge in [0.1, 0.15) is 0 Å². The Balaban J connectivity index is 1.91. The Kier molecular flexibility index (Phi) is 2.13. The lowest BCUT2D eigenvalue weighted by Crippen LogP contribution is -1.82. The van der Waals surface area contributed by atoms with Crippen molar-refractivity contribution in [1.29, 1.82) is 0 Å². The second-order valence-electron chi connectivity index (χ2n) is 6.49. The van der Waals surface area contributed by atoms with Gasteiger partial charge in [0, 0.05) is 10.8 Å². The molecule has 0 bridgehead atoms. The SMILES string of the molecule is Oc1c2c(c3c(ccc4c3ccc3ccc5ccccc5c34)c1O)O2. The van der Waals surface area contributed by atoms with Crippen LogP contribution in [0, 0.1) is 0 Å². The van der Waals surface area contributed by atoms with E-state index in [1.165, 1.54) is 21.5 Å². The van der Waals surface area contributed by atoms with Crippen LogP contribution in [0.5, 0.6) is 23.0 Å². The Morgan fingerprint density at radius 2 is 1.20 bits per heavy atom. The van der Waals surface area contributed by atoms with E-state index in [0.29, 0.717) is 16.9 Å². The first-order valence-corrected chi connectivity index (χ1v) is 8.16. The molecule has 0 spiro atoms. The van der Waals surface area contributed by atoms with Crippen molar-refractivity contribution in [1.82, 2.24) is 0 Å². The Morgan fingerprint density at radius 1 is 0.520 bits per heavy atom. The number of rotatable bonds is 0. The van der Waals surface area contributed by atoms with Crippen LogP contribution < -0.4 is 4.74 Å². The fourth-order valence-electron chi connectivity index (χ4n) is 3.99. The number of benzene rings is 5. The minimum atomic E-state index is -0.173. The van der Waals surface area contributed by atoms with E-state index in [0.717, 1.165) is 16.2 Å². The molecule has 1 aliphatic heterocycles. The van der Waals surface area contributed by atoms with E-state index in [2.05, 4.69) is 42.5 Å². The van der Waals surface area contributed by atoms with Crippen molar-refractivity contribution < 1.29 is 14.9 Å². The van der Waals surface area contributed by atoms with Crippen molar-refractivity contribution in [2.45, 2.75) is 0 Å². The number of phenols is 2. The maximum absolute atomic E-state index is 10.3. The first-order valence-electron chi connectivity index (χ1n) is 8.16. The number of hydrogen-bond acceptors (Lipinski definition) is 3. The molecule has 118 valence electrons. The molecule has 0 aliphatic carbocycles. The second-order valence-corrected chi connectivity index (χ2v) is 6.49. The summed E-state index contributed by atoms with van der Waals surface area (Å²) in [4.78, 5) is 0. The average Bonchev–Trinajstić information content (AvgIpc) is 3.45. The van der Waals surface area contributed by atoms with Crippen molar-refractivity contribution in [3.05, 3.63) is 60.7 Å². The van der Waals surface area contributed by atoms with Gasteiger partial charge in [-0.25, -0.2) is 0 Å². The molecular formula is C22H12O3. The van der Waals surface area contributed by atoms with Gasteiger partial charge in [0.2, 0.25) is 11.5 Å². The third-order valence-electron chi connectivity index (χ3n) is 5.20.